The topological polar surface area (TPSA) is 66.5 Å². The fraction of sp³-hybridized carbons (Fsp3) is 0.333. The molecular weight excluding hydrogens is 177 g/mol. The summed E-state index contributed by atoms with van der Waals surface area (Å²) in [6, 6.07) is 0. The van der Waals surface area contributed by atoms with E-state index in [1.807, 2.05) is 0 Å². The Balaban J connectivity index is 0. The Morgan fingerprint density at radius 3 is 1.89 bits per heavy atom. The molecule has 0 saturated carbocycles. The zero-order valence-corrected chi connectivity index (χ0v) is 7.37. The molecule has 0 atom stereocenters. The molecule has 0 heterocycles. The van der Waals surface area contributed by atoms with Crippen LogP contribution in [0.3, 0.4) is 0 Å². The SMILES string of the molecule is C=CCN.OP(O)(=S)S. The highest BCUT2D eigenvalue weighted by atomic mass is 32.9. The van der Waals surface area contributed by atoms with Gasteiger partial charge in [0.05, 0.1) is 0 Å². The largest absolute Gasteiger partial charge is 0.338 e. The van der Waals surface area contributed by atoms with E-state index in [0.29, 0.717) is 6.54 Å². The van der Waals surface area contributed by atoms with E-state index in [-0.39, 0.29) is 0 Å². The lowest BCUT2D eigenvalue weighted by Crippen LogP contribution is -1.90. The van der Waals surface area contributed by atoms with Gasteiger partial charge in [-0.25, -0.2) is 0 Å². The molecule has 9 heavy (non-hydrogen) atoms. The molecule has 3 nitrogen and oxygen atoms in total. The lowest BCUT2D eigenvalue weighted by atomic mass is 10.7. The Kier molecular flexibility index (Phi) is 9.21. The molecule has 0 aliphatic carbocycles. The Bertz CT molecular complexity index is 104. The summed E-state index contributed by atoms with van der Waals surface area (Å²) >= 11 is 7.07. The maximum absolute atomic E-state index is 7.87. The van der Waals surface area contributed by atoms with Crippen LogP contribution in [0, 0.1) is 0 Å². The smallest absolute Gasteiger partial charge is 0.239 e. The molecule has 0 aromatic rings. The predicted molar refractivity (Wildman–Crippen MR) is 47.0 cm³/mol. The maximum atomic E-state index is 7.87. The minimum absolute atomic E-state index is 0.583. The van der Waals surface area contributed by atoms with Gasteiger partial charge in [-0.15, -0.1) is 6.58 Å². The summed E-state index contributed by atoms with van der Waals surface area (Å²) in [5, 5.41) is 0. The standard InChI is InChI=1S/C3H7N.H3O2PS2/c1-2-3-4;1-3(2,4)5/h2H,1,3-4H2;(H3,1,2,4,5). The summed E-state index contributed by atoms with van der Waals surface area (Å²) in [6.07, 6.45) is 1.65. The lowest BCUT2D eigenvalue weighted by molar-refractivity contribution is 0.503. The zero-order valence-electron chi connectivity index (χ0n) is 4.77. The average molecular weight is 187 g/mol. The minimum Gasteiger partial charge on any atom is -0.338 e. The van der Waals surface area contributed by atoms with Crippen molar-refractivity contribution in [3.8, 4) is 0 Å². The van der Waals surface area contributed by atoms with Gasteiger partial charge in [-0.1, -0.05) is 18.3 Å². The van der Waals surface area contributed by atoms with E-state index in [9.17, 15) is 0 Å². The van der Waals surface area contributed by atoms with Crippen molar-refractivity contribution < 1.29 is 9.79 Å². The lowest BCUT2D eigenvalue weighted by Gasteiger charge is -1.88. The number of hydrogen-bond acceptors (Lipinski definition) is 2. The summed E-state index contributed by atoms with van der Waals surface area (Å²) in [6.45, 7) is 3.94. The van der Waals surface area contributed by atoms with Gasteiger partial charge < -0.3 is 15.5 Å². The molecule has 0 bridgehead atoms. The molecule has 0 unspecified atom stereocenters. The first kappa shape index (κ1) is 12.3. The van der Waals surface area contributed by atoms with E-state index in [4.69, 9.17) is 15.5 Å². The van der Waals surface area contributed by atoms with Crippen molar-refractivity contribution in [1.29, 1.82) is 0 Å². The first-order valence-electron chi connectivity index (χ1n) is 2.01. The van der Waals surface area contributed by atoms with Crippen LogP contribution in [0.25, 0.3) is 0 Å². The molecule has 0 rings (SSSR count). The van der Waals surface area contributed by atoms with Crippen LogP contribution < -0.4 is 5.73 Å². The Morgan fingerprint density at radius 1 is 1.78 bits per heavy atom. The Morgan fingerprint density at radius 2 is 1.89 bits per heavy atom. The van der Waals surface area contributed by atoms with Crippen molar-refractivity contribution in [1.82, 2.24) is 0 Å². The Labute approximate surface area is 64.9 Å². The average Bonchev–Trinajstić information content (AvgIpc) is 1.61. The first-order chi connectivity index (χ1) is 3.91. The molecule has 0 aromatic carbocycles. The van der Waals surface area contributed by atoms with Gasteiger partial charge in [-0.2, -0.15) is 0 Å². The van der Waals surface area contributed by atoms with E-state index in [1.54, 1.807) is 6.08 Å². The first-order valence-corrected chi connectivity index (χ1v) is 5.87. The van der Waals surface area contributed by atoms with Crippen LogP contribution in [0.2, 0.25) is 0 Å². The summed E-state index contributed by atoms with van der Waals surface area (Å²) in [5.41, 5.74) is 1.80. The van der Waals surface area contributed by atoms with Crippen LogP contribution in [0.15, 0.2) is 12.7 Å². The molecule has 0 aliphatic heterocycles. The third kappa shape index (κ3) is 144. The monoisotopic (exact) mass is 187 g/mol. The predicted octanol–water partition coefficient (Wildman–Crippen LogP) is 0.256. The molecule has 56 valence electrons. The van der Waals surface area contributed by atoms with Crippen molar-refractivity contribution in [2.75, 3.05) is 6.54 Å². The van der Waals surface area contributed by atoms with Crippen LogP contribution in [0.5, 0.6) is 0 Å². The molecule has 0 aromatic heterocycles. The molecular formula is C3H10NO2PS2. The Hall–Kier alpha value is 0.620. The van der Waals surface area contributed by atoms with Crippen LogP contribution in [-0.4, -0.2) is 16.3 Å². The summed E-state index contributed by atoms with van der Waals surface area (Å²) in [7, 11) is 0. The number of thiol groups is 1. The zero-order chi connectivity index (χ0) is 7.91. The van der Waals surface area contributed by atoms with Crippen LogP contribution >= 0.6 is 17.9 Å². The number of hydrogen-bond donors (Lipinski definition) is 4. The molecule has 0 radical (unpaired) electrons. The van der Waals surface area contributed by atoms with Gasteiger partial charge in [0.25, 0.3) is 0 Å². The summed E-state index contributed by atoms with van der Waals surface area (Å²) < 4.78 is 0. The van der Waals surface area contributed by atoms with Gasteiger partial charge in [-0.05, 0) is 11.8 Å². The summed E-state index contributed by atoms with van der Waals surface area (Å²) in [5.74, 6) is 0. The van der Waals surface area contributed by atoms with E-state index < -0.39 is 5.69 Å². The van der Waals surface area contributed by atoms with Crippen molar-refractivity contribution in [3.63, 3.8) is 0 Å². The van der Waals surface area contributed by atoms with Crippen molar-refractivity contribution in [2.45, 2.75) is 0 Å². The summed E-state index contributed by atoms with van der Waals surface area (Å²) in [4.78, 5) is 15.7. The fourth-order valence-electron chi connectivity index (χ4n) is 0. The van der Waals surface area contributed by atoms with Crippen LogP contribution in [-0.2, 0) is 11.8 Å². The maximum Gasteiger partial charge on any atom is 0.239 e. The van der Waals surface area contributed by atoms with Gasteiger partial charge in [0.2, 0.25) is 5.69 Å². The molecule has 0 amide bonds. The second-order valence-corrected chi connectivity index (χ2v) is 6.08. The van der Waals surface area contributed by atoms with E-state index >= 15 is 0 Å². The molecule has 0 spiro atoms. The van der Waals surface area contributed by atoms with E-state index in [1.165, 1.54) is 0 Å². The molecule has 0 saturated heterocycles. The van der Waals surface area contributed by atoms with Gasteiger partial charge in [0, 0.05) is 6.54 Å². The van der Waals surface area contributed by atoms with Gasteiger partial charge in [0.1, 0.15) is 0 Å². The molecule has 0 fully saturated rings. The number of nitrogens with two attached hydrogens (primary N) is 1. The van der Waals surface area contributed by atoms with Crippen molar-refractivity contribution >= 4 is 29.7 Å². The van der Waals surface area contributed by atoms with Crippen LogP contribution in [0.4, 0.5) is 0 Å². The van der Waals surface area contributed by atoms with Crippen molar-refractivity contribution in [3.05, 3.63) is 12.7 Å². The fourth-order valence-corrected chi connectivity index (χ4v) is 0. The highest BCUT2D eigenvalue weighted by molar-refractivity contribution is 8.59. The highest BCUT2D eigenvalue weighted by Gasteiger charge is 1.90. The molecule has 4 N–H and O–H groups in total. The number of rotatable bonds is 1. The van der Waals surface area contributed by atoms with Crippen LogP contribution in [0.1, 0.15) is 0 Å². The van der Waals surface area contributed by atoms with E-state index in [2.05, 4.69) is 30.6 Å². The second-order valence-electron chi connectivity index (χ2n) is 1.04. The second kappa shape index (κ2) is 6.74. The third-order valence-electron chi connectivity index (χ3n) is 0.167. The quantitative estimate of drug-likeness (QED) is 0.270. The molecule has 6 heteroatoms. The van der Waals surface area contributed by atoms with Gasteiger partial charge in [-0.3, -0.25) is 0 Å². The van der Waals surface area contributed by atoms with Gasteiger partial charge >= 0.3 is 0 Å². The normalized spacial score (nSPS) is 9.33. The molecule has 0 aliphatic rings. The highest BCUT2D eigenvalue weighted by Crippen LogP contribution is 2.39. The third-order valence-corrected chi connectivity index (χ3v) is 0.167. The van der Waals surface area contributed by atoms with Crippen molar-refractivity contribution in [2.24, 2.45) is 5.73 Å². The van der Waals surface area contributed by atoms with Gasteiger partial charge in [0.15, 0.2) is 0 Å². The minimum atomic E-state index is -3.11. The van der Waals surface area contributed by atoms with E-state index in [0.717, 1.165) is 0 Å².